The largest absolute Gasteiger partial charge is 0.459 e. The molecular weight excluding hydrogens is 402 g/mol. The van der Waals surface area contributed by atoms with Crippen molar-refractivity contribution in [2.45, 2.75) is 45.7 Å². The Morgan fingerprint density at radius 3 is 2.40 bits per heavy atom. The standard InChI is InChI=1S/C22H29N3O4S/c1-14(2)15(3)23-21(27)19(24-20(26)18-7-5-13-30-18)16-8-10-25(11-9-16)22(28)17-6-4-12-29-17/h4-7,12-16,19H,8-11H2,1-3H3,(H,23,27)(H,24,26)/t15-,19-/m1/s1. The number of nitrogens with one attached hydrogen (secondary N) is 2. The average Bonchev–Trinajstić information content (AvgIpc) is 3.45. The third-order valence-electron chi connectivity index (χ3n) is 5.71. The molecule has 2 atom stereocenters. The average molecular weight is 432 g/mol. The molecule has 2 aromatic rings. The summed E-state index contributed by atoms with van der Waals surface area (Å²) in [5.41, 5.74) is 0. The van der Waals surface area contributed by atoms with E-state index in [9.17, 15) is 14.4 Å². The SMILES string of the molecule is CC(C)[C@@H](C)NC(=O)[C@H](NC(=O)c1cccs1)C1CCN(C(=O)c2ccco2)CC1. The molecule has 0 spiro atoms. The Bertz CT molecular complexity index is 840. The fourth-order valence-electron chi connectivity index (χ4n) is 3.49. The number of carbonyl (C=O) groups excluding carboxylic acids is 3. The van der Waals surface area contributed by atoms with Crippen molar-refractivity contribution in [2.24, 2.45) is 11.8 Å². The first kappa shape index (κ1) is 22.1. The zero-order valence-corrected chi connectivity index (χ0v) is 18.4. The summed E-state index contributed by atoms with van der Waals surface area (Å²) < 4.78 is 5.21. The molecule has 1 aliphatic heterocycles. The van der Waals surface area contributed by atoms with Crippen LogP contribution in [0.4, 0.5) is 0 Å². The summed E-state index contributed by atoms with van der Waals surface area (Å²) in [4.78, 5) is 40.5. The van der Waals surface area contributed by atoms with Gasteiger partial charge in [0.05, 0.1) is 11.1 Å². The van der Waals surface area contributed by atoms with Gasteiger partial charge in [0.25, 0.3) is 11.8 Å². The Labute approximate surface area is 180 Å². The summed E-state index contributed by atoms with van der Waals surface area (Å²) >= 11 is 1.35. The van der Waals surface area contributed by atoms with Crippen molar-refractivity contribution >= 4 is 29.1 Å². The monoisotopic (exact) mass is 431 g/mol. The molecule has 0 unspecified atom stereocenters. The van der Waals surface area contributed by atoms with E-state index in [1.165, 1.54) is 17.6 Å². The van der Waals surface area contributed by atoms with Crippen LogP contribution >= 0.6 is 11.3 Å². The van der Waals surface area contributed by atoms with Crippen LogP contribution in [0.2, 0.25) is 0 Å². The molecule has 1 saturated heterocycles. The van der Waals surface area contributed by atoms with E-state index in [0.717, 1.165) is 0 Å². The minimum atomic E-state index is -0.637. The molecule has 3 amide bonds. The van der Waals surface area contributed by atoms with Gasteiger partial charge in [0.1, 0.15) is 6.04 Å². The van der Waals surface area contributed by atoms with Crippen LogP contribution in [0.1, 0.15) is 53.8 Å². The third-order valence-corrected chi connectivity index (χ3v) is 6.58. The Balaban J connectivity index is 1.67. The highest BCUT2D eigenvalue weighted by molar-refractivity contribution is 7.12. The molecule has 30 heavy (non-hydrogen) atoms. The summed E-state index contributed by atoms with van der Waals surface area (Å²) in [5, 5.41) is 7.82. The Morgan fingerprint density at radius 2 is 1.83 bits per heavy atom. The van der Waals surface area contributed by atoms with Crippen LogP contribution in [0.3, 0.4) is 0 Å². The van der Waals surface area contributed by atoms with Gasteiger partial charge in [0.2, 0.25) is 5.91 Å². The number of nitrogens with zero attached hydrogens (tertiary/aromatic N) is 1. The Kier molecular flexibility index (Phi) is 7.31. The topological polar surface area (TPSA) is 91.7 Å². The summed E-state index contributed by atoms with van der Waals surface area (Å²) in [6, 6.07) is 6.26. The summed E-state index contributed by atoms with van der Waals surface area (Å²) in [6.45, 7) is 7.09. The smallest absolute Gasteiger partial charge is 0.289 e. The van der Waals surface area contributed by atoms with Gasteiger partial charge in [-0.2, -0.15) is 0 Å². The maximum atomic E-state index is 13.0. The van der Waals surface area contributed by atoms with Crippen molar-refractivity contribution in [3.63, 3.8) is 0 Å². The number of likely N-dealkylation sites (tertiary alicyclic amines) is 1. The number of piperidine rings is 1. The van der Waals surface area contributed by atoms with Crippen molar-refractivity contribution in [3.05, 3.63) is 46.5 Å². The van der Waals surface area contributed by atoms with Crippen LogP contribution in [-0.4, -0.2) is 47.8 Å². The molecule has 1 aliphatic rings. The van der Waals surface area contributed by atoms with Crippen molar-refractivity contribution in [1.29, 1.82) is 0 Å². The molecule has 3 heterocycles. The van der Waals surface area contributed by atoms with Gasteiger partial charge in [-0.1, -0.05) is 19.9 Å². The van der Waals surface area contributed by atoms with E-state index in [-0.39, 0.29) is 35.6 Å². The van der Waals surface area contributed by atoms with E-state index < -0.39 is 6.04 Å². The van der Waals surface area contributed by atoms with E-state index in [1.807, 2.05) is 32.2 Å². The van der Waals surface area contributed by atoms with Crippen LogP contribution < -0.4 is 10.6 Å². The molecule has 0 radical (unpaired) electrons. The normalized spacial score (nSPS) is 16.9. The lowest BCUT2D eigenvalue weighted by Crippen LogP contribution is -2.55. The second kappa shape index (κ2) is 9.93. The fraction of sp³-hybridized carbons (Fsp3) is 0.500. The van der Waals surface area contributed by atoms with Crippen LogP contribution in [-0.2, 0) is 4.79 Å². The first-order chi connectivity index (χ1) is 14.4. The first-order valence-electron chi connectivity index (χ1n) is 10.3. The van der Waals surface area contributed by atoms with Crippen LogP contribution in [0, 0.1) is 11.8 Å². The van der Waals surface area contributed by atoms with Crippen molar-refractivity contribution in [1.82, 2.24) is 15.5 Å². The van der Waals surface area contributed by atoms with Gasteiger partial charge >= 0.3 is 0 Å². The van der Waals surface area contributed by atoms with E-state index in [4.69, 9.17) is 4.42 Å². The van der Waals surface area contributed by atoms with Crippen molar-refractivity contribution in [2.75, 3.05) is 13.1 Å². The molecule has 2 N–H and O–H groups in total. The minimum Gasteiger partial charge on any atom is -0.459 e. The molecular formula is C22H29N3O4S. The highest BCUT2D eigenvalue weighted by Gasteiger charge is 2.35. The van der Waals surface area contributed by atoms with Gasteiger partial charge in [-0.3, -0.25) is 14.4 Å². The van der Waals surface area contributed by atoms with E-state index in [2.05, 4.69) is 10.6 Å². The molecule has 0 aliphatic carbocycles. The highest BCUT2D eigenvalue weighted by atomic mass is 32.1. The van der Waals surface area contributed by atoms with Gasteiger partial charge in [0, 0.05) is 19.1 Å². The number of thiophene rings is 1. The lowest BCUT2D eigenvalue weighted by Gasteiger charge is -2.36. The summed E-state index contributed by atoms with van der Waals surface area (Å²) in [7, 11) is 0. The molecule has 1 fully saturated rings. The molecule has 2 aromatic heterocycles. The maximum Gasteiger partial charge on any atom is 0.289 e. The molecule has 0 aromatic carbocycles. The molecule has 0 bridgehead atoms. The van der Waals surface area contributed by atoms with E-state index in [0.29, 0.717) is 36.6 Å². The maximum absolute atomic E-state index is 13.0. The van der Waals surface area contributed by atoms with E-state index >= 15 is 0 Å². The predicted molar refractivity (Wildman–Crippen MR) is 115 cm³/mol. The zero-order valence-electron chi connectivity index (χ0n) is 17.6. The third kappa shape index (κ3) is 5.30. The number of hydrogen-bond donors (Lipinski definition) is 2. The molecule has 162 valence electrons. The predicted octanol–water partition coefficient (Wildman–Crippen LogP) is 3.15. The highest BCUT2D eigenvalue weighted by Crippen LogP contribution is 2.23. The quantitative estimate of drug-likeness (QED) is 0.704. The molecule has 7 nitrogen and oxygen atoms in total. The van der Waals surface area contributed by atoms with Crippen molar-refractivity contribution in [3.8, 4) is 0 Å². The van der Waals surface area contributed by atoms with Gasteiger partial charge in [-0.25, -0.2) is 0 Å². The number of hydrogen-bond acceptors (Lipinski definition) is 5. The first-order valence-corrected chi connectivity index (χ1v) is 11.2. The Morgan fingerprint density at radius 1 is 1.10 bits per heavy atom. The lowest BCUT2D eigenvalue weighted by atomic mass is 9.88. The lowest BCUT2D eigenvalue weighted by molar-refractivity contribution is -0.125. The zero-order chi connectivity index (χ0) is 21.7. The molecule has 3 rings (SSSR count). The van der Waals surface area contributed by atoms with Crippen LogP contribution in [0.15, 0.2) is 40.3 Å². The summed E-state index contributed by atoms with van der Waals surface area (Å²) in [6.07, 6.45) is 2.74. The van der Waals surface area contributed by atoms with E-state index in [1.54, 1.807) is 23.1 Å². The number of carbonyl (C=O) groups is 3. The summed E-state index contributed by atoms with van der Waals surface area (Å²) in [5.74, 6) is 0.00708. The number of furan rings is 1. The van der Waals surface area contributed by atoms with Crippen molar-refractivity contribution < 1.29 is 18.8 Å². The van der Waals surface area contributed by atoms with Gasteiger partial charge in [-0.05, 0) is 55.2 Å². The van der Waals surface area contributed by atoms with Gasteiger partial charge in [-0.15, -0.1) is 11.3 Å². The minimum absolute atomic E-state index is 0.000686. The number of rotatable bonds is 7. The second-order valence-corrected chi connectivity index (χ2v) is 9.02. The van der Waals surface area contributed by atoms with Crippen LogP contribution in [0.25, 0.3) is 0 Å². The molecule has 8 heteroatoms. The fourth-order valence-corrected chi connectivity index (χ4v) is 4.12. The number of amides is 3. The molecule has 0 saturated carbocycles. The second-order valence-electron chi connectivity index (χ2n) is 8.08. The van der Waals surface area contributed by atoms with Gasteiger partial charge in [0.15, 0.2) is 5.76 Å². The Hall–Kier alpha value is -2.61. The van der Waals surface area contributed by atoms with Gasteiger partial charge < -0.3 is 20.0 Å². The van der Waals surface area contributed by atoms with Crippen LogP contribution in [0.5, 0.6) is 0 Å².